The fraction of sp³-hybridized carbons (Fsp3) is 0.800. The molecule has 0 saturated carbocycles. The standard InChI is InChI=1S/C15H26N4O2S/c1-4-5-6-19-14(21)16-17-15(19)22-10-13(20)18-8-11(2)7-12(3)9-18/h11-12H,4-10H2,1-3H3,(H,16,21). The second-order valence-electron chi connectivity index (χ2n) is 6.35. The van der Waals surface area contributed by atoms with Crippen LogP contribution in [0.15, 0.2) is 9.95 Å². The predicted molar refractivity (Wildman–Crippen MR) is 88.0 cm³/mol. The van der Waals surface area contributed by atoms with Crippen molar-refractivity contribution in [3.05, 3.63) is 10.5 Å². The van der Waals surface area contributed by atoms with Crippen molar-refractivity contribution in [1.29, 1.82) is 0 Å². The van der Waals surface area contributed by atoms with E-state index < -0.39 is 0 Å². The van der Waals surface area contributed by atoms with Crippen LogP contribution in [0.5, 0.6) is 0 Å². The van der Waals surface area contributed by atoms with Crippen molar-refractivity contribution >= 4 is 17.7 Å². The van der Waals surface area contributed by atoms with Gasteiger partial charge in [0.05, 0.1) is 5.75 Å². The van der Waals surface area contributed by atoms with E-state index in [4.69, 9.17) is 0 Å². The Hall–Kier alpha value is -1.24. The zero-order chi connectivity index (χ0) is 16.1. The van der Waals surface area contributed by atoms with Crippen LogP contribution in [-0.2, 0) is 11.3 Å². The summed E-state index contributed by atoms with van der Waals surface area (Å²) in [5, 5.41) is 7.12. The fourth-order valence-electron chi connectivity index (χ4n) is 3.01. The molecule has 0 aliphatic carbocycles. The van der Waals surface area contributed by atoms with Crippen molar-refractivity contribution in [3.8, 4) is 0 Å². The highest BCUT2D eigenvalue weighted by Crippen LogP contribution is 2.22. The Labute approximate surface area is 135 Å². The number of rotatable bonds is 6. The summed E-state index contributed by atoms with van der Waals surface area (Å²) in [6, 6.07) is 0. The van der Waals surface area contributed by atoms with E-state index in [1.165, 1.54) is 18.2 Å². The van der Waals surface area contributed by atoms with Crippen LogP contribution in [0.3, 0.4) is 0 Å². The van der Waals surface area contributed by atoms with E-state index in [1.807, 2.05) is 4.90 Å². The minimum Gasteiger partial charge on any atom is -0.341 e. The number of likely N-dealkylation sites (tertiary alicyclic amines) is 1. The Kier molecular flexibility index (Phi) is 6.11. The first-order valence-corrected chi connectivity index (χ1v) is 9.05. The predicted octanol–water partition coefficient (Wildman–Crippen LogP) is 1.97. The summed E-state index contributed by atoms with van der Waals surface area (Å²) in [5.74, 6) is 1.60. The summed E-state index contributed by atoms with van der Waals surface area (Å²) in [6.45, 7) is 8.80. The number of hydrogen-bond acceptors (Lipinski definition) is 4. The average molecular weight is 326 g/mol. The molecule has 1 fully saturated rings. The van der Waals surface area contributed by atoms with Gasteiger partial charge in [0.1, 0.15) is 0 Å². The summed E-state index contributed by atoms with van der Waals surface area (Å²) in [4.78, 5) is 26.0. The van der Waals surface area contributed by atoms with E-state index >= 15 is 0 Å². The van der Waals surface area contributed by atoms with E-state index in [9.17, 15) is 9.59 Å². The number of piperidine rings is 1. The quantitative estimate of drug-likeness (QED) is 0.811. The third-order valence-corrected chi connectivity index (χ3v) is 4.97. The molecule has 0 radical (unpaired) electrons. The number of carbonyl (C=O) groups is 1. The molecule has 0 aromatic carbocycles. The number of thioether (sulfide) groups is 1. The first-order chi connectivity index (χ1) is 10.5. The van der Waals surface area contributed by atoms with Gasteiger partial charge in [0.2, 0.25) is 5.91 Å². The molecule has 1 N–H and O–H groups in total. The molecule has 124 valence electrons. The van der Waals surface area contributed by atoms with Gasteiger partial charge >= 0.3 is 5.69 Å². The third kappa shape index (κ3) is 4.38. The van der Waals surface area contributed by atoms with Crippen LogP contribution < -0.4 is 5.69 Å². The number of carbonyl (C=O) groups excluding carboxylic acids is 1. The molecule has 2 rings (SSSR count). The van der Waals surface area contributed by atoms with Gasteiger partial charge in [0.15, 0.2) is 5.16 Å². The van der Waals surface area contributed by atoms with Crippen LogP contribution in [0.4, 0.5) is 0 Å². The van der Waals surface area contributed by atoms with E-state index in [2.05, 4.69) is 31.0 Å². The van der Waals surface area contributed by atoms with Gasteiger partial charge in [-0.2, -0.15) is 0 Å². The number of unbranched alkanes of at least 4 members (excludes halogenated alkanes) is 1. The first kappa shape index (κ1) is 17.1. The molecule has 7 heteroatoms. The molecule has 1 saturated heterocycles. The van der Waals surface area contributed by atoms with Gasteiger partial charge in [-0.15, -0.1) is 5.10 Å². The highest BCUT2D eigenvalue weighted by Gasteiger charge is 2.25. The number of aromatic amines is 1. The average Bonchev–Trinajstić information content (AvgIpc) is 2.82. The fourth-order valence-corrected chi connectivity index (χ4v) is 3.89. The highest BCUT2D eigenvalue weighted by atomic mass is 32.2. The van der Waals surface area contributed by atoms with Crippen molar-refractivity contribution in [2.24, 2.45) is 11.8 Å². The number of H-pyrrole nitrogens is 1. The maximum atomic E-state index is 12.4. The summed E-state index contributed by atoms with van der Waals surface area (Å²) in [6.07, 6.45) is 3.14. The molecule has 2 unspecified atom stereocenters. The minimum atomic E-state index is -0.191. The molecule has 1 amide bonds. The lowest BCUT2D eigenvalue weighted by atomic mass is 9.92. The maximum absolute atomic E-state index is 12.4. The topological polar surface area (TPSA) is 71.0 Å². The monoisotopic (exact) mass is 326 g/mol. The van der Waals surface area contributed by atoms with Crippen LogP contribution in [0.1, 0.15) is 40.0 Å². The molecule has 6 nitrogen and oxygen atoms in total. The SMILES string of the molecule is CCCCn1c(SCC(=O)N2CC(C)CC(C)C2)n[nH]c1=O. The van der Waals surface area contributed by atoms with Crippen LogP contribution in [0.2, 0.25) is 0 Å². The Bertz CT molecular complexity index is 544. The lowest BCUT2D eigenvalue weighted by Gasteiger charge is -2.34. The molecule has 2 atom stereocenters. The van der Waals surface area contributed by atoms with Gasteiger partial charge in [-0.1, -0.05) is 39.0 Å². The number of nitrogens with zero attached hydrogens (tertiary/aromatic N) is 3. The summed E-state index contributed by atoms with van der Waals surface area (Å²) in [7, 11) is 0. The highest BCUT2D eigenvalue weighted by molar-refractivity contribution is 7.99. The number of nitrogens with one attached hydrogen (secondary N) is 1. The van der Waals surface area contributed by atoms with E-state index in [-0.39, 0.29) is 11.6 Å². The normalized spacial score (nSPS) is 22.0. The molecular formula is C15H26N4O2S. The smallest absolute Gasteiger partial charge is 0.341 e. The van der Waals surface area contributed by atoms with Gasteiger partial charge in [-0.25, -0.2) is 9.89 Å². The van der Waals surface area contributed by atoms with Gasteiger partial charge in [0, 0.05) is 19.6 Å². The van der Waals surface area contributed by atoms with Crippen LogP contribution in [0.25, 0.3) is 0 Å². The van der Waals surface area contributed by atoms with Crippen LogP contribution in [0, 0.1) is 11.8 Å². The zero-order valence-corrected chi connectivity index (χ0v) is 14.5. The Morgan fingerprint density at radius 1 is 1.36 bits per heavy atom. The van der Waals surface area contributed by atoms with Gasteiger partial charge in [-0.05, 0) is 24.7 Å². The molecule has 1 aliphatic heterocycles. The Morgan fingerprint density at radius 2 is 2.05 bits per heavy atom. The van der Waals surface area contributed by atoms with E-state index in [0.29, 0.717) is 29.3 Å². The van der Waals surface area contributed by atoms with E-state index in [0.717, 1.165) is 25.9 Å². The van der Waals surface area contributed by atoms with Gasteiger partial charge < -0.3 is 4.90 Å². The second kappa shape index (κ2) is 7.85. The minimum absolute atomic E-state index is 0.140. The van der Waals surface area contributed by atoms with Crippen molar-refractivity contribution in [3.63, 3.8) is 0 Å². The molecular weight excluding hydrogens is 300 g/mol. The third-order valence-electron chi connectivity index (χ3n) is 4.00. The number of hydrogen-bond donors (Lipinski definition) is 1. The summed E-state index contributed by atoms with van der Waals surface area (Å²) < 4.78 is 1.63. The van der Waals surface area contributed by atoms with Gasteiger partial charge in [0.25, 0.3) is 0 Å². The molecule has 1 aliphatic rings. The lowest BCUT2D eigenvalue weighted by Crippen LogP contribution is -2.43. The van der Waals surface area contributed by atoms with Crippen LogP contribution >= 0.6 is 11.8 Å². The van der Waals surface area contributed by atoms with Crippen molar-refractivity contribution < 1.29 is 4.79 Å². The maximum Gasteiger partial charge on any atom is 0.343 e. The second-order valence-corrected chi connectivity index (χ2v) is 7.29. The molecule has 1 aromatic heterocycles. The number of aromatic nitrogens is 3. The molecule has 1 aromatic rings. The first-order valence-electron chi connectivity index (χ1n) is 8.07. The summed E-state index contributed by atoms with van der Waals surface area (Å²) in [5.41, 5.74) is -0.191. The lowest BCUT2D eigenvalue weighted by molar-refractivity contribution is -0.130. The molecule has 0 spiro atoms. The zero-order valence-electron chi connectivity index (χ0n) is 13.7. The molecule has 2 heterocycles. The van der Waals surface area contributed by atoms with Crippen molar-refractivity contribution in [1.82, 2.24) is 19.7 Å². The number of amides is 1. The van der Waals surface area contributed by atoms with E-state index in [1.54, 1.807) is 4.57 Å². The van der Waals surface area contributed by atoms with Crippen molar-refractivity contribution in [2.45, 2.75) is 51.7 Å². The van der Waals surface area contributed by atoms with Gasteiger partial charge in [-0.3, -0.25) is 9.36 Å². The summed E-state index contributed by atoms with van der Waals surface area (Å²) >= 11 is 1.35. The van der Waals surface area contributed by atoms with Crippen LogP contribution in [-0.4, -0.2) is 44.4 Å². The largest absolute Gasteiger partial charge is 0.343 e. The molecule has 0 bridgehead atoms. The Balaban J connectivity index is 1.92. The van der Waals surface area contributed by atoms with Crippen molar-refractivity contribution in [2.75, 3.05) is 18.8 Å². The molecule has 22 heavy (non-hydrogen) atoms. The Morgan fingerprint density at radius 3 is 2.68 bits per heavy atom.